The minimum absolute atomic E-state index is 0.196. The van der Waals surface area contributed by atoms with E-state index in [0.717, 1.165) is 38.7 Å². The number of amides is 1. The molecule has 2 N–H and O–H groups in total. The lowest BCUT2D eigenvalue weighted by Gasteiger charge is -2.13. The molecule has 0 radical (unpaired) electrons. The van der Waals surface area contributed by atoms with E-state index in [1.807, 2.05) is 77.5 Å². The molecule has 6 aromatic rings. The molecule has 6 heteroatoms. The summed E-state index contributed by atoms with van der Waals surface area (Å²) < 4.78 is 16.2. The van der Waals surface area contributed by atoms with Gasteiger partial charge in [-0.1, -0.05) is 72.8 Å². The number of benzene rings is 4. The Labute approximate surface area is 230 Å². The first-order valence-electron chi connectivity index (χ1n) is 12.9. The zero-order valence-electron chi connectivity index (χ0n) is 21.5. The van der Waals surface area contributed by atoms with Gasteiger partial charge in [0.15, 0.2) is 0 Å². The SMILES string of the molecule is O=C(O)c1ccc(CNC(=O)c2cc(-c3ccccc3)cn3ccc(Cc4ccc5c(F)cccc5c4)c23)cc1. The van der Waals surface area contributed by atoms with Gasteiger partial charge in [0.2, 0.25) is 0 Å². The average Bonchev–Trinajstić information content (AvgIpc) is 3.38. The highest BCUT2D eigenvalue weighted by atomic mass is 19.1. The van der Waals surface area contributed by atoms with Crippen LogP contribution in [0.3, 0.4) is 0 Å². The molecular formula is C34H25FN2O3. The maximum atomic E-state index is 14.2. The van der Waals surface area contributed by atoms with Gasteiger partial charge in [0.1, 0.15) is 5.82 Å². The van der Waals surface area contributed by atoms with E-state index in [1.165, 1.54) is 18.2 Å². The summed E-state index contributed by atoms with van der Waals surface area (Å²) in [6.45, 7) is 0.257. The standard InChI is InChI=1S/C34H25FN2O3/c35-31-8-4-7-26-17-23(11-14-29(26)31)18-27-15-16-37-21-28(24-5-2-1-3-6-24)19-30(32(27)37)33(38)36-20-22-9-12-25(13-10-22)34(39)40/h1-17,19,21H,18,20H2,(H,36,38)(H,39,40). The van der Waals surface area contributed by atoms with Crippen LogP contribution in [0.15, 0.2) is 116 Å². The number of carbonyl (C=O) groups is 2. The van der Waals surface area contributed by atoms with Crippen molar-refractivity contribution in [1.82, 2.24) is 9.72 Å². The van der Waals surface area contributed by atoms with E-state index in [0.29, 0.717) is 17.4 Å². The normalized spacial score (nSPS) is 11.1. The molecule has 2 heterocycles. The number of hydrogen-bond acceptors (Lipinski definition) is 2. The van der Waals surface area contributed by atoms with Gasteiger partial charge in [-0.15, -0.1) is 0 Å². The molecule has 0 saturated heterocycles. The Kier molecular flexibility index (Phi) is 6.58. The molecule has 5 nitrogen and oxygen atoms in total. The zero-order valence-corrected chi connectivity index (χ0v) is 21.5. The molecule has 0 saturated carbocycles. The number of nitrogens with zero attached hydrogens (tertiary/aromatic N) is 1. The minimum atomic E-state index is -0.993. The molecule has 4 aromatic carbocycles. The van der Waals surface area contributed by atoms with Gasteiger partial charge in [-0.2, -0.15) is 0 Å². The fraction of sp³-hybridized carbons (Fsp3) is 0.0588. The van der Waals surface area contributed by atoms with Crippen molar-refractivity contribution in [2.75, 3.05) is 0 Å². The van der Waals surface area contributed by atoms with Crippen molar-refractivity contribution in [1.29, 1.82) is 0 Å². The Bertz CT molecular complexity index is 1880. The van der Waals surface area contributed by atoms with Crippen LogP contribution >= 0.6 is 0 Å². The Balaban J connectivity index is 1.37. The van der Waals surface area contributed by atoms with Crippen LogP contribution in [0.5, 0.6) is 0 Å². The van der Waals surface area contributed by atoms with Crippen LogP contribution in [-0.4, -0.2) is 21.4 Å². The molecule has 0 spiro atoms. The maximum Gasteiger partial charge on any atom is 0.335 e. The molecular weight excluding hydrogens is 503 g/mol. The molecule has 0 aliphatic heterocycles. The topological polar surface area (TPSA) is 70.8 Å². The van der Waals surface area contributed by atoms with Crippen molar-refractivity contribution in [3.8, 4) is 11.1 Å². The minimum Gasteiger partial charge on any atom is -0.478 e. The molecule has 0 atom stereocenters. The average molecular weight is 529 g/mol. The van der Waals surface area contributed by atoms with Crippen LogP contribution in [0.25, 0.3) is 27.4 Å². The summed E-state index contributed by atoms with van der Waals surface area (Å²) in [6, 6.07) is 31.0. The Morgan fingerprint density at radius 1 is 0.800 bits per heavy atom. The highest BCUT2D eigenvalue weighted by Crippen LogP contribution is 2.28. The molecule has 2 aromatic heterocycles. The predicted octanol–water partition coefficient (Wildman–Crippen LogP) is 7.12. The number of nitrogens with one attached hydrogen (secondary N) is 1. The number of halogens is 1. The number of aromatic nitrogens is 1. The summed E-state index contributed by atoms with van der Waals surface area (Å²) >= 11 is 0. The lowest BCUT2D eigenvalue weighted by molar-refractivity contribution is 0.0696. The lowest BCUT2D eigenvalue weighted by atomic mass is 9.99. The molecule has 0 bridgehead atoms. The zero-order chi connectivity index (χ0) is 27.6. The van der Waals surface area contributed by atoms with Gasteiger partial charge in [-0.05, 0) is 70.0 Å². The van der Waals surface area contributed by atoms with Crippen molar-refractivity contribution in [3.63, 3.8) is 0 Å². The number of hydrogen-bond donors (Lipinski definition) is 2. The largest absolute Gasteiger partial charge is 0.478 e. The molecule has 1 amide bonds. The van der Waals surface area contributed by atoms with Crippen LogP contribution in [0, 0.1) is 5.82 Å². The summed E-state index contributed by atoms with van der Waals surface area (Å²) in [5, 5.41) is 13.6. The van der Waals surface area contributed by atoms with Crippen LogP contribution in [0.1, 0.15) is 37.4 Å². The van der Waals surface area contributed by atoms with Gasteiger partial charge in [0.05, 0.1) is 16.6 Å². The van der Waals surface area contributed by atoms with Gasteiger partial charge in [-0.3, -0.25) is 4.79 Å². The van der Waals surface area contributed by atoms with Crippen LogP contribution in [-0.2, 0) is 13.0 Å². The third-order valence-electron chi connectivity index (χ3n) is 7.12. The van der Waals surface area contributed by atoms with Crippen LogP contribution < -0.4 is 5.32 Å². The van der Waals surface area contributed by atoms with Gasteiger partial charge in [-0.25, -0.2) is 9.18 Å². The fourth-order valence-electron chi connectivity index (χ4n) is 5.09. The molecule has 0 unspecified atom stereocenters. The highest BCUT2D eigenvalue weighted by molar-refractivity contribution is 6.03. The molecule has 6 rings (SSSR count). The Hall–Kier alpha value is -5.23. The van der Waals surface area contributed by atoms with Gasteiger partial charge in [0, 0.05) is 24.3 Å². The van der Waals surface area contributed by atoms with Crippen LogP contribution in [0.2, 0.25) is 0 Å². The lowest BCUT2D eigenvalue weighted by Crippen LogP contribution is -2.23. The Morgan fingerprint density at radius 2 is 1.57 bits per heavy atom. The van der Waals surface area contributed by atoms with Crippen molar-refractivity contribution >= 4 is 28.2 Å². The third-order valence-corrected chi connectivity index (χ3v) is 7.12. The number of fused-ring (bicyclic) bond motifs is 2. The third kappa shape index (κ3) is 4.95. The second-order valence-corrected chi connectivity index (χ2v) is 9.76. The van der Waals surface area contributed by atoms with E-state index in [1.54, 1.807) is 24.3 Å². The smallest absolute Gasteiger partial charge is 0.335 e. The number of pyridine rings is 1. The molecule has 0 fully saturated rings. The summed E-state index contributed by atoms with van der Waals surface area (Å²) in [4.78, 5) is 24.8. The highest BCUT2D eigenvalue weighted by Gasteiger charge is 2.17. The van der Waals surface area contributed by atoms with Crippen molar-refractivity contribution < 1.29 is 19.1 Å². The number of carboxylic acids is 1. The summed E-state index contributed by atoms with van der Waals surface area (Å²) in [7, 11) is 0. The number of rotatable bonds is 7. The predicted molar refractivity (Wildman–Crippen MR) is 154 cm³/mol. The first-order valence-corrected chi connectivity index (χ1v) is 12.9. The summed E-state index contributed by atoms with van der Waals surface area (Å²) in [5.41, 5.74) is 6.23. The first-order chi connectivity index (χ1) is 19.5. The van der Waals surface area contributed by atoms with E-state index < -0.39 is 5.97 Å². The Morgan fingerprint density at radius 3 is 2.35 bits per heavy atom. The van der Waals surface area contributed by atoms with Crippen LogP contribution in [0.4, 0.5) is 4.39 Å². The number of carboxylic acid groups (broad SMARTS) is 1. The van der Waals surface area contributed by atoms with Gasteiger partial charge < -0.3 is 14.8 Å². The fourth-order valence-corrected chi connectivity index (χ4v) is 5.09. The molecule has 0 aliphatic rings. The number of aromatic carboxylic acids is 1. The second-order valence-electron chi connectivity index (χ2n) is 9.76. The van der Waals surface area contributed by atoms with E-state index in [9.17, 15) is 14.0 Å². The first kappa shape index (κ1) is 25.1. The number of carbonyl (C=O) groups excluding carboxylic acids is 1. The van der Waals surface area contributed by atoms with Gasteiger partial charge in [0.25, 0.3) is 5.91 Å². The molecule has 0 aliphatic carbocycles. The van der Waals surface area contributed by atoms with Gasteiger partial charge >= 0.3 is 5.97 Å². The van der Waals surface area contributed by atoms with Crippen molar-refractivity contribution in [2.45, 2.75) is 13.0 Å². The summed E-state index contributed by atoms with van der Waals surface area (Å²) in [5.74, 6) is -1.47. The quantitative estimate of drug-likeness (QED) is 0.232. The van der Waals surface area contributed by atoms with E-state index in [4.69, 9.17) is 5.11 Å². The second kappa shape index (κ2) is 10.5. The monoisotopic (exact) mass is 528 g/mol. The van der Waals surface area contributed by atoms with Crippen molar-refractivity contribution in [3.05, 3.63) is 149 Å². The van der Waals surface area contributed by atoms with E-state index in [-0.39, 0.29) is 23.8 Å². The maximum absolute atomic E-state index is 14.2. The molecule has 196 valence electrons. The van der Waals surface area contributed by atoms with E-state index >= 15 is 0 Å². The summed E-state index contributed by atoms with van der Waals surface area (Å²) in [6.07, 6.45) is 4.55. The molecule has 40 heavy (non-hydrogen) atoms. The van der Waals surface area contributed by atoms with Crippen molar-refractivity contribution in [2.24, 2.45) is 0 Å². The van der Waals surface area contributed by atoms with E-state index in [2.05, 4.69) is 5.32 Å².